The van der Waals surface area contributed by atoms with Gasteiger partial charge in [0.05, 0.1) is 0 Å². The van der Waals surface area contributed by atoms with E-state index < -0.39 is 0 Å². The number of nitrogens with one attached hydrogen (secondary N) is 1. The van der Waals surface area contributed by atoms with Gasteiger partial charge < -0.3 is 10.2 Å². The molecule has 4 atom stereocenters. The summed E-state index contributed by atoms with van der Waals surface area (Å²) in [6.07, 6.45) is 2.53. The molecule has 4 unspecified atom stereocenters. The monoisotopic (exact) mass is 222 g/mol. The van der Waals surface area contributed by atoms with E-state index in [-0.39, 0.29) is 5.92 Å². The molecule has 0 spiro atoms. The first-order valence-electron chi connectivity index (χ1n) is 6.69. The summed E-state index contributed by atoms with van der Waals surface area (Å²) in [5, 5.41) is 3.44. The molecule has 0 aromatic heterocycles. The van der Waals surface area contributed by atoms with Crippen molar-refractivity contribution in [2.75, 3.05) is 19.6 Å². The van der Waals surface area contributed by atoms with E-state index in [4.69, 9.17) is 0 Å². The molecular weight excluding hydrogens is 200 g/mol. The maximum absolute atomic E-state index is 12.4. The maximum Gasteiger partial charge on any atom is 0.225 e. The fraction of sp³-hybridized carbons (Fsp3) is 0.923. The molecule has 0 radical (unpaired) electrons. The third-order valence-corrected chi connectivity index (χ3v) is 4.94. The Balaban J connectivity index is 1.68. The first-order chi connectivity index (χ1) is 7.68. The molecule has 3 aliphatic rings. The van der Waals surface area contributed by atoms with Gasteiger partial charge in [-0.25, -0.2) is 0 Å². The van der Waals surface area contributed by atoms with Crippen LogP contribution in [0.2, 0.25) is 0 Å². The van der Waals surface area contributed by atoms with Gasteiger partial charge in [0.15, 0.2) is 0 Å². The number of carbonyl (C=O) groups excluding carboxylic acids is 1. The summed E-state index contributed by atoms with van der Waals surface area (Å²) in [4.78, 5) is 14.5. The Labute approximate surface area is 97.6 Å². The molecule has 2 aliphatic heterocycles. The first kappa shape index (κ1) is 10.6. The molecule has 2 saturated heterocycles. The predicted octanol–water partition coefficient (Wildman–Crippen LogP) is 1.10. The number of hydrogen-bond acceptors (Lipinski definition) is 2. The number of hydrogen-bond donors (Lipinski definition) is 1. The SMILES string of the molecule is CC(C(=O)N1CC2CNCC2C1C)C1CC1. The average Bonchev–Trinajstić information content (AvgIpc) is 2.94. The summed E-state index contributed by atoms with van der Waals surface area (Å²) in [7, 11) is 0. The van der Waals surface area contributed by atoms with Crippen LogP contribution < -0.4 is 5.32 Å². The number of rotatable bonds is 2. The Morgan fingerprint density at radius 2 is 2.12 bits per heavy atom. The summed E-state index contributed by atoms with van der Waals surface area (Å²) in [6, 6.07) is 0.452. The molecule has 16 heavy (non-hydrogen) atoms. The van der Waals surface area contributed by atoms with Gasteiger partial charge >= 0.3 is 0 Å². The van der Waals surface area contributed by atoms with Crippen LogP contribution in [-0.4, -0.2) is 36.5 Å². The lowest BCUT2D eigenvalue weighted by Gasteiger charge is -2.27. The van der Waals surface area contributed by atoms with Gasteiger partial charge in [-0.15, -0.1) is 0 Å². The van der Waals surface area contributed by atoms with Gasteiger partial charge in [-0.1, -0.05) is 6.92 Å². The Bertz CT molecular complexity index is 300. The Hall–Kier alpha value is -0.570. The van der Waals surface area contributed by atoms with Crippen LogP contribution in [0, 0.1) is 23.7 Å². The quantitative estimate of drug-likeness (QED) is 0.759. The van der Waals surface area contributed by atoms with Crippen molar-refractivity contribution in [1.29, 1.82) is 0 Å². The lowest BCUT2D eigenvalue weighted by molar-refractivity contribution is -0.136. The van der Waals surface area contributed by atoms with Gasteiger partial charge in [0.1, 0.15) is 0 Å². The zero-order valence-electron chi connectivity index (χ0n) is 10.3. The van der Waals surface area contributed by atoms with Crippen LogP contribution >= 0.6 is 0 Å². The highest BCUT2D eigenvalue weighted by Gasteiger charge is 2.46. The zero-order chi connectivity index (χ0) is 11.3. The maximum atomic E-state index is 12.4. The van der Waals surface area contributed by atoms with Crippen LogP contribution in [0.15, 0.2) is 0 Å². The molecule has 2 heterocycles. The van der Waals surface area contributed by atoms with Gasteiger partial charge in [0.2, 0.25) is 5.91 Å². The van der Waals surface area contributed by atoms with Gasteiger partial charge in [0.25, 0.3) is 0 Å². The minimum atomic E-state index is 0.272. The Morgan fingerprint density at radius 3 is 2.75 bits per heavy atom. The largest absolute Gasteiger partial charge is 0.339 e. The smallest absolute Gasteiger partial charge is 0.225 e. The average molecular weight is 222 g/mol. The van der Waals surface area contributed by atoms with E-state index >= 15 is 0 Å². The molecule has 1 aliphatic carbocycles. The number of likely N-dealkylation sites (tertiary alicyclic amines) is 1. The normalized spacial score (nSPS) is 39.9. The van der Waals surface area contributed by atoms with E-state index in [1.165, 1.54) is 12.8 Å². The van der Waals surface area contributed by atoms with Gasteiger partial charge in [-0.2, -0.15) is 0 Å². The van der Waals surface area contributed by atoms with Crippen molar-refractivity contribution >= 4 is 5.91 Å². The van der Waals surface area contributed by atoms with Crippen molar-refractivity contribution in [3.8, 4) is 0 Å². The third kappa shape index (κ3) is 1.56. The van der Waals surface area contributed by atoms with Gasteiger partial charge in [-0.3, -0.25) is 4.79 Å². The lowest BCUT2D eigenvalue weighted by atomic mass is 9.95. The molecule has 0 aromatic rings. The van der Waals surface area contributed by atoms with Crippen molar-refractivity contribution in [1.82, 2.24) is 10.2 Å². The molecule has 1 saturated carbocycles. The summed E-state index contributed by atoms with van der Waals surface area (Å²) in [6.45, 7) is 7.56. The standard InChI is InChI=1S/C13H22N2O/c1-8(10-3-4-10)13(16)15-7-11-5-14-6-12(11)9(15)2/h8-12,14H,3-7H2,1-2H3. The van der Waals surface area contributed by atoms with Crippen molar-refractivity contribution in [3.05, 3.63) is 0 Å². The van der Waals surface area contributed by atoms with Crippen molar-refractivity contribution in [3.63, 3.8) is 0 Å². The molecule has 0 bridgehead atoms. The van der Waals surface area contributed by atoms with E-state index in [0.29, 0.717) is 29.7 Å². The fourth-order valence-corrected chi connectivity index (χ4v) is 3.52. The first-order valence-corrected chi connectivity index (χ1v) is 6.69. The van der Waals surface area contributed by atoms with Crippen LogP contribution in [0.3, 0.4) is 0 Å². The third-order valence-electron chi connectivity index (χ3n) is 4.94. The van der Waals surface area contributed by atoms with Crippen LogP contribution in [0.25, 0.3) is 0 Å². The molecule has 0 aromatic carbocycles. The predicted molar refractivity (Wildman–Crippen MR) is 62.9 cm³/mol. The molecule has 3 nitrogen and oxygen atoms in total. The summed E-state index contributed by atoms with van der Waals surface area (Å²) in [5.74, 6) is 2.80. The van der Waals surface area contributed by atoms with E-state index in [2.05, 4.69) is 24.1 Å². The number of nitrogens with zero attached hydrogens (tertiary/aromatic N) is 1. The molecule has 3 fully saturated rings. The molecule has 1 N–H and O–H groups in total. The number of amides is 1. The second kappa shape index (κ2) is 3.73. The Morgan fingerprint density at radius 1 is 1.38 bits per heavy atom. The van der Waals surface area contributed by atoms with E-state index in [9.17, 15) is 4.79 Å². The van der Waals surface area contributed by atoms with Gasteiger partial charge in [0, 0.05) is 31.6 Å². The van der Waals surface area contributed by atoms with Crippen LogP contribution in [0.4, 0.5) is 0 Å². The fourth-order valence-electron chi connectivity index (χ4n) is 3.52. The van der Waals surface area contributed by atoms with Crippen molar-refractivity contribution in [2.45, 2.75) is 32.7 Å². The molecule has 1 amide bonds. The summed E-state index contributed by atoms with van der Waals surface area (Å²) in [5.41, 5.74) is 0. The summed E-state index contributed by atoms with van der Waals surface area (Å²) < 4.78 is 0. The second-order valence-electron chi connectivity index (χ2n) is 5.94. The minimum Gasteiger partial charge on any atom is -0.339 e. The Kier molecular flexibility index (Phi) is 2.46. The van der Waals surface area contributed by atoms with Crippen molar-refractivity contribution in [2.24, 2.45) is 23.7 Å². The minimum absolute atomic E-state index is 0.272. The van der Waals surface area contributed by atoms with Crippen molar-refractivity contribution < 1.29 is 4.79 Å². The van der Waals surface area contributed by atoms with Crippen LogP contribution in [0.5, 0.6) is 0 Å². The number of carbonyl (C=O) groups is 1. The lowest BCUT2D eigenvalue weighted by Crippen LogP contribution is -2.41. The van der Waals surface area contributed by atoms with Crippen LogP contribution in [-0.2, 0) is 4.79 Å². The van der Waals surface area contributed by atoms with E-state index in [1.54, 1.807) is 0 Å². The highest BCUT2D eigenvalue weighted by atomic mass is 16.2. The number of fused-ring (bicyclic) bond motifs is 1. The topological polar surface area (TPSA) is 32.3 Å². The second-order valence-corrected chi connectivity index (χ2v) is 5.94. The van der Waals surface area contributed by atoms with Gasteiger partial charge in [-0.05, 0) is 37.5 Å². The van der Waals surface area contributed by atoms with E-state index in [1.807, 2.05) is 0 Å². The highest BCUT2D eigenvalue weighted by Crippen LogP contribution is 2.40. The molecular formula is C13H22N2O. The highest BCUT2D eigenvalue weighted by molar-refractivity contribution is 5.79. The molecule has 3 rings (SSSR count). The molecule has 3 heteroatoms. The van der Waals surface area contributed by atoms with E-state index in [0.717, 1.165) is 19.6 Å². The van der Waals surface area contributed by atoms with Crippen LogP contribution in [0.1, 0.15) is 26.7 Å². The zero-order valence-corrected chi connectivity index (χ0v) is 10.3. The summed E-state index contributed by atoms with van der Waals surface area (Å²) >= 11 is 0. The molecule has 90 valence electrons.